The van der Waals surface area contributed by atoms with Crippen LogP contribution in [-0.2, 0) is 0 Å². The number of hydrogen-bond donors (Lipinski definition) is 1. The van der Waals surface area contributed by atoms with Gasteiger partial charge < -0.3 is 5.73 Å². The Morgan fingerprint density at radius 2 is 1.62 bits per heavy atom. The molecule has 0 heterocycles. The van der Waals surface area contributed by atoms with Gasteiger partial charge in [0.15, 0.2) is 0 Å². The summed E-state index contributed by atoms with van der Waals surface area (Å²) in [5.41, 5.74) is 5.48. The Bertz CT molecular complexity index is 46.4. The Morgan fingerprint density at radius 3 is 1.75 bits per heavy atom. The van der Waals surface area contributed by atoms with Crippen LogP contribution in [0.5, 0.6) is 0 Å². The summed E-state index contributed by atoms with van der Waals surface area (Å²) in [6.45, 7) is 6.33. The zero-order valence-corrected chi connectivity index (χ0v) is 7.18. The van der Waals surface area contributed by atoms with Crippen molar-refractivity contribution in [2.45, 2.75) is 31.4 Å². The van der Waals surface area contributed by atoms with Gasteiger partial charge in [0.1, 0.15) is 0 Å². The molecule has 0 spiro atoms. The molecular weight excluding hydrogens is 138 g/mol. The summed E-state index contributed by atoms with van der Waals surface area (Å²) in [5, 5.41) is 0.952. The maximum atomic E-state index is 5.48. The predicted molar refractivity (Wildman–Crippen MR) is 44.0 cm³/mol. The van der Waals surface area contributed by atoms with Crippen molar-refractivity contribution < 1.29 is 0 Å². The lowest BCUT2D eigenvalue weighted by Crippen LogP contribution is -2.07. The van der Waals surface area contributed by atoms with Crippen LogP contribution in [0.15, 0.2) is 0 Å². The second kappa shape index (κ2) is 4.53. The normalized spacial score (nSPS) is 14.6. The van der Waals surface area contributed by atoms with Crippen LogP contribution in [0.3, 0.4) is 0 Å². The minimum Gasteiger partial charge on any atom is -0.319 e. The average molecular weight is 151 g/mol. The van der Waals surface area contributed by atoms with E-state index >= 15 is 0 Å². The first-order valence-corrected chi connectivity index (χ1v) is 4.98. The van der Waals surface area contributed by atoms with Gasteiger partial charge in [0.25, 0.3) is 0 Å². The van der Waals surface area contributed by atoms with Crippen LogP contribution in [-0.4, -0.2) is 10.6 Å². The Labute approximate surface area is 59.2 Å². The molecule has 1 atom stereocenters. The van der Waals surface area contributed by atoms with Crippen molar-refractivity contribution in [1.29, 1.82) is 0 Å². The Kier molecular flexibility index (Phi) is 4.90. The fourth-order valence-electron chi connectivity index (χ4n) is 0.199. The Balaban J connectivity index is 2.93. The molecule has 1 nitrogen and oxygen atoms in total. The smallest absolute Gasteiger partial charge is 0.0583 e. The third-order valence-electron chi connectivity index (χ3n) is 0.400. The number of hydrogen-bond acceptors (Lipinski definition) is 3. The highest BCUT2D eigenvalue weighted by molar-refractivity contribution is 8.77. The minimum absolute atomic E-state index is 0.266. The molecule has 0 saturated heterocycles. The molecule has 0 aliphatic heterocycles. The van der Waals surface area contributed by atoms with Crippen LogP contribution >= 0.6 is 21.6 Å². The largest absolute Gasteiger partial charge is 0.319 e. The van der Waals surface area contributed by atoms with Gasteiger partial charge in [0, 0.05) is 5.25 Å². The SMILES string of the molecule is CC(C)SSC(C)N. The highest BCUT2D eigenvalue weighted by atomic mass is 33.1. The van der Waals surface area contributed by atoms with Gasteiger partial charge in [-0.1, -0.05) is 35.4 Å². The van der Waals surface area contributed by atoms with Crippen molar-refractivity contribution in [2.24, 2.45) is 5.73 Å². The summed E-state index contributed by atoms with van der Waals surface area (Å²) in [4.78, 5) is 0. The fraction of sp³-hybridized carbons (Fsp3) is 1.00. The van der Waals surface area contributed by atoms with E-state index in [0.717, 1.165) is 0 Å². The molecule has 0 aromatic carbocycles. The van der Waals surface area contributed by atoms with Crippen LogP contribution in [0.4, 0.5) is 0 Å². The molecule has 0 radical (unpaired) electrons. The minimum atomic E-state index is 0.266. The maximum absolute atomic E-state index is 5.48. The van der Waals surface area contributed by atoms with E-state index in [1.54, 1.807) is 10.8 Å². The van der Waals surface area contributed by atoms with Gasteiger partial charge in [-0.25, -0.2) is 0 Å². The van der Waals surface area contributed by atoms with Gasteiger partial charge in [0.2, 0.25) is 0 Å². The van der Waals surface area contributed by atoms with E-state index in [4.69, 9.17) is 5.73 Å². The third kappa shape index (κ3) is 6.66. The van der Waals surface area contributed by atoms with Gasteiger partial charge in [-0.15, -0.1) is 0 Å². The van der Waals surface area contributed by atoms with E-state index in [2.05, 4.69) is 13.8 Å². The third-order valence-corrected chi connectivity index (χ3v) is 3.60. The fourth-order valence-corrected chi connectivity index (χ4v) is 1.79. The lowest BCUT2D eigenvalue weighted by Gasteiger charge is -2.04. The molecule has 0 aromatic heterocycles. The maximum Gasteiger partial charge on any atom is 0.0583 e. The molecule has 0 saturated carbocycles. The first kappa shape index (κ1) is 8.66. The van der Waals surface area contributed by atoms with Crippen LogP contribution in [0.2, 0.25) is 0 Å². The monoisotopic (exact) mass is 151 g/mol. The molecule has 0 bridgehead atoms. The van der Waals surface area contributed by atoms with Gasteiger partial charge in [-0.05, 0) is 6.92 Å². The van der Waals surface area contributed by atoms with Crippen molar-refractivity contribution in [3.8, 4) is 0 Å². The second-order valence-corrected chi connectivity index (χ2v) is 5.17. The molecule has 2 N–H and O–H groups in total. The first-order valence-electron chi connectivity index (χ1n) is 2.70. The summed E-state index contributed by atoms with van der Waals surface area (Å²) in [6.07, 6.45) is 0. The highest BCUT2D eigenvalue weighted by Crippen LogP contribution is 2.27. The molecule has 0 amide bonds. The average Bonchev–Trinajstić information content (AvgIpc) is 1.61. The van der Waals surface area contributed by atoms with Gasteiger partial charge in [-0.2, -0.15) is 0 Å². The predicted octanol–water partition coefficient (Wildman–Crippen LogP) is 2.08. The molecule has 0 rings (SSSR count). The molecule has 0 aliphatic rings. The van der Waals surface area contributed by atoms with Crippen molar-refractivity contribution >= 4 is 21.6 Å². The van der Waals surface area contributed by atoms with E-state index in [1.807, 2.05) is 17.7 Å². The Hall–Kier alpha value is 0.660. The second-order valence-electron chi connectivity index (χ2n) is 1.95. The first-order chi connectivity index (χ1) is 3.63. The quantitative estimate of drug-likeness (QED) is 0.494. The molecule has 1 unspecified atom stereocenters. The molecular formula is C5H13NS2. The molecule has 0 fully saturated rings. The van der Waals surface area contributed by atoms with Crippen LogP contribution in [0.1, 0.15) is 20.8 Å². The summed E-state index contributed by atoms with van der Waals surface area (Å²) >= 11 is 0. The van der Waals surface area contributed by atoms with Crippen molar-refractivity contribution in [2.75, 3.05) is 0 Å². The molecule has 0 aromatic rings. The summed E-state index contributed by atoms with van der Waals surface area (Å²) < 4.78 is 0. The summed E-state index contributed by atoms with van der Waals surface area (Å²) in [5.74, 6) is 0. The van der Waals surface area contributed by atoms with E-state index in [-0.39, 0.29) is 5.37 Å². The summed E-state index contributed by atoms with van der Waals surface area (Å²) in [7, 11) is 3.56. The topological polar surface area (TPSA) is 26.0 Å². The summed E-state index contributed by atoms with van der Waals surface area (Å²) in [6, 6.07) is 0. The molecule has 8 heavy (non-hydrogen) atoms. The van der Waals surface area contributed by atoms with Crippen LogP contribution in [0.25, 0.3) is 0 Å². The lowest BCUT2D eigenvalue weighted by atomic mass is 10.6. The van der Waals surface area contributed by atoms with Crippen LogP contribution < -0.4 is 5.73 Å². The highest BCUT2D eigenvalue weighted by Gasteiger charge is 1.96. The lowest BCUT2D eigenvalue weighted by molar-refractivity contribution is 1.05. The van der Waals surface area contributed by atoms with E-state index in [0.29, 0.717) is 5.25 Å². The standard InChI is InChI=1S/C5H13NS2/c1-4(2)7-8-5(3)6/h4-5H,6H2,1-3H3. The van der Waals surface area contributed by atoms with E-state index in [1.165, 1.54) is 0 Å². The molecule has 3 heteroatoms. The number of nitrogens with two attached hydrogens (primary N) is 1. The van der Waals surface area contributed by atoms with Gasteiger partial charge >= 0.3 is 0 Å². The van der Waals surface area contributed by atoms with Crippen molar-refractivity contribution in [3.05, 3.63) is 0 Å². The van der Waals surface area contributed by atoms with E-state index < -0.39 is 0 Å². The van der Waals surface area contributed by atoms with Crippen molar-refractivity contribution in [3.63, 3.8) is 0 Å². The Morgan fingerprint density at radius 1 is 1.12 bits per heavy atom. The van der Waals surface area contributed by atoms with Crippen molar-refractivity contribution in [1.82, 2.24) is 0 Å². The van der Waals surface area contributed by atoms with E-state index in [9.17, 15) is 0 Å². The van der Waals surface area contributed by atoms with Gasteiger partial charge in [-0.3, -0.25) is 0 Å². The zero-order valence-electron chi connectivity index (χ0n) is 5.55. The number of rotatable bonds is 3. The molecule has 50 valence electrons. The van der Waals surface area contributed by atoms with Gasteiger partial charge in [0.05, 0.1) is 5.37 Å². The molecule has 0 aliphatic carbocycles. The zero-order chi connectivity index (χ0) is 6.57. The van der Waals surface area contributed by atoms with Crippen LogP contribution in [0, 0.1) is 0 Å².